The normalized spacial score (nSPS) is 18.5. The van der Waals surface area contributed by atoms with Crippen molar-refractivity contribution in [3.8, 4) is 0 Å². The van der Waals surface area contributed by atoms with Gasteiger partial charge in [-0.3, -0.25) is 0 Å². The van der Waals surface area contributed by atoms with E-state index in [4.69, 9.17) is 11.6 Å². The number of amides is 2. The van der Waals surface area contributed by atoms with E-state index in [1.54, 1.807) is 0 Å². The molecule has 1 saturated carbocycles. The molecule has 2 aromatic carbocycles. The van der Waals surface area contributed by atoms with Gasteiger partial charge in [0.2, 0.25) is 0 Å². The lowest BCUT2D eigenvalue weighted by atomic mass is 10.0. The van der Waals surface area contributed by atoms with Crippen LogP contribution >= 0.6 is 11.6 Å². The fraction of sp³-hybridized carbons (Fsp3) is 0.381. The van der Waals surface area contributed by atoms with Gasteiger partial charge in [-0.2, -0.15) is 0 Å². The van der Waals surface area contributed by atoms with Gasteiger partial charge in [0.1, 0.15) is 0 Å². The number of nitrogens with one attached hydrogen (secondary N) is 1. The van der Waals surface area contributed by atoms with Crippen LogP contribution in [0.1, 0.15) is 24.0 Å². The average molecular weight is 370 g/mol. The highest BCUT2D eigenvalue weighted by Crippen LogP contribution is 2.45. The summed E-state index contributed by atoms with van der Waals surface area (Å²) in [4.78, 5) is 17.0. The molecule has 1 heterocycles. The molecule has 1 aliphatic carbocycles. The predicted octanol–water partition coefficient (Wildman–Crippen LogP) is 4.17. The lowest BCUT2D eigenvalue weighted by Crippen LogP contribution is -2.53. The van der Waals surface area contributed by atoms with Crippen molar-refractivity contribution in [3.63, 3.8) is 0 Å². The quantitative estimate of drug-likeness (QED) is 0.881. The highest BCUT2D eigenvalue weighted by Gasteiger charge is 2.46. The average Bonchev–Trinajstić information content (AvgIpc) is 3.43. The third-order valence-corrected chi connectivity index (χ3v) is 5.68. The Morgan fingerprint density at radius 2 is 1.73 bits per heavy atom. The van der Waals surface area contributed by atoms with E-state index in [0.717, 1.165) is 49.7 Å². The van der Waals surface area contributed by atoms with Crippen molar-refractivity contribution in [3.05, 3.63) is 64.7 Å². The van der Waals surface area contributed by atoms with Crippen molar-refractivity contribution in [2.75, 3.05) is 31.1 Å². The van der Waals surface area contributed by atoms with E-state index >= 15 is 0 Å². The molecule has 0 atom stereocenters. The van der Waals surface area contributed by atoms with Crippen molar-refractivity contribution >= 4 is 23.3 Å². The van der Waals surface area contributed by atoms with E-state index in [9.17, 15) is 4.79 Å². The molecule has 2 fully saturated rings. The summed E-state index contributed by atoms with van der Waals surface area (Å²) < 4.78 is 0. The van der Waals surface area contributed by atoms with Crippen molar-refractivity contribution in [1.29, 1.82) is 0 Å². The summed E-state index contributed by atoms with van der Waals surface area (Å²) in [5.74, 6) is 0. The summed E-state index contributed by atoms with van der Waals surface area (Å²) in [7, 11) is 0. The third kappa shape index (κ3) is 3.51. The number of halogens is 1. The van der Waals surface area contributed by atoms with Crippen molar-refractivity contribution < 1.29 is 4.79 Å². The monoisotopic (exact) mass is 369 g/mol. The molecule has 0 bridgehead atoms. The molecule has 1 saturated heterocycles. The molecule has 4 rings (SSSR count). The number of anilines is 1. The van der Waals surface area contributed by atoms with Crippen LogP contribution in [0.15, 0.2) is 48.5 Å². The third-order valence-electron chi connectivity index (χ3n) is 5.44. The van der Waals surface area contributed by atoms with E-state index in [0.29, 0.717) is 0 Å². The van der Waals surface area contributed by atoms with Gasteiger partial charge >= 0.3 is 6.03 Å². The molecular formula is C21H24ClN3O. The van der Waals surface area contributed by atoms with Gasteiger partial charge in [-0.15, -0.1) is 0 Å². The Kier molecular flexibility index (Phi) is 4.53. The lowest BCUT2D eigenvalue weighted by molar-refractivity contribution is 0.189. The molecular weight excluding hydrogens is 346 g/mol. The zero-order valence-electron chi connectivity index (χ0n) is 15.0. The Hall–Kier alpha value is -2.20. The standard InChI is InChI=1S/C21H24ClN3O/c1-16-5-7-17(8-6-16)21(9-10-21)23-20(26)25-13-11-24(12-14-25)19-4-2-3-18(22)15-19/h2-8,15H,9-14H2,1H3,(H,23,26). The topological polar surface area (TPSA) is 35.6 Å². The van der Waals surface area contributed by atoms with Crippen LogP contribution in [-0.4, -0.2) is 37.1 Å². The van der Waals surface area contributed by atoms with Crippen LogP contribution in [0.4, 0.5) is 10.5 Å². The van der Waals surface area contributed by atoms with Gasteiger partial charge < -0.3 is 15.1 Å². The van der Waals surface area contributed by atoms with Crippen molar-refractivity contribution in [1.82, 2.24) is 10.2 Å². The van der Waals surface area contributed by atoms with Crippen LogP contribution in [0.2, 0.25) is 5.02 Å². The van der Waals surface area contributed by atoms with Gasteiger partial charge in [-0.25, -0.2) is 4.79 Å². The second-order valence-corrected chi connectivity index (χ2v) is 7.77. The highest BCUT2D eigenvalue weighted by molar-refractivity contribution is 6.30. The van der Waals surface area contributed by atoms with Gasteiger partial charge in [0, 0.05) is 36.9 Å². The fourth-order valence-electron chi connectivity index (χ4n) is 3.61. The van der Waals surface area contributed by atoms with Crippen LogP contribution in [-0.2, 0) is 5.54 Å². The molecule has 0 aromatic heterocycles. The lowest BCUT2D eigenvalue weighted by Gasteiger charge is -2.37. The minimum Gasteiger partial charge on any atom is -0.368 e. The Balaban J connectivity index is 1.36. The first kappa shape index (κ1) is 17.2. The van der Waals surface area contributed by atoms with Gasteiger partial charge in [0.05, 0.1) is 5.54 Å². The molecule has 2 amide bonds. The van der Waals surface area contributed by atoms with Gasteiger partial charge in [0.25, 0.3) is 0 Å². The molecule has 0 radical (unpaired) electrons. The minimum atomic E-state index is -0.158. The summed E-state index contributed by atoms with van der Waals surface area (Å²) in [6, 6.07) is 16.5. The summed E-state index contributed by atoms with van der Waals surface area (Å²) >= 11 is 6.09. The van der Waals surface area contributed by atoms with Crippen LogP contribution < -0.4 is 10.2 Å². The van der Waals surface area contributed by atoms with Crippen LogP contribution in [0.5, 0.6) is 0 Å². The number of carbonyl (C=O) groups excluding carboxylic acids is 1. The number of benzene rings is 2. The molecule has 2 aromatic rings. The number of urea groups is 1. The molecule has 136 valence electrons. The molecule has 2 aliphatic rings. The summed E-state index contributed by atoms with van der Waals surface area (Å²) in [5, 5.41) is 4.03. The molecule has 0 unspecified atom stereocenters. The Bertz CT molecular complexity index is 793. The molecule has 26 heavy (non-hydrogen) atoms. The zero-order chi connectivity index (χ0) is 18.1. The van der Waals surface area contributed by atoms with Gasteiger partial charge in [-0.05, 0) is 43.5 Å². The van der Waals surface area contributed by atoms with E-state index in [1.165, 1.54) is 11.1 Å². The Morgan fingerprint density at radius 3 is 2.35 bits per heavy atom. The molecule has 1 aliphatic heterocycles. The summed E-state index contributed by atoms with van der Waals surface area (Å²) in [5.41, 5.74) is 3.42. The summed E-state index contributed by atoms with van der Waals surface area (Å²) in [6.07, 6.45) is 2.04. The van der Waals surface area contributed by atoms with E-state index in [-0.39, 0.29) is 11.6 Å². The number of rotatable bonds is 3. The Labute approximate surface area is 159 Å². The highest BCUT2D eigenvalue weighted by atomic mass is 35.5. The maximum absolute atomic E-state index is 12.8. The maximum Gasteiger partial charge on any atom is 0.318 e. The number of aryl methyl sites for hydroxylation is 1. The zero-order valence-corrected chi connectivity index (χ0v) is 15.8. The van der Waals surface area contributed by atoms with Gasteiger partial charge in [-0.1, -0.05) is 47.5 Å². The first-order valence-corrected chi connectivity index (χ1v) is 9.58. The minimum absolute atomic E-state index is 0.0498. The van der Waals surface area contributed by atoms with Crippen LogP contribution in [0.3, 0.4) is 0 Å². The number of carbonyl (C=O) groups is 1. The van der Waals surface area contributed by atoms with E-state index in [2.05, 4.69) is 47.5 Å². The maximum atomic E-state index is 12.8. The second-order valence-electron chi connectivity index (χ2n) is 7.33. The van der Waals surface area contributed by atoms with Crippen LogP contribution in [0, 0.1) is 6.92 Å². The van der Waals surface area contributed by atoms with E-state index in [1.807, 2.05) is 23.1 Å². The first-order chi connectivity index (χ1) is 12.6. The molecule has 1 N–H and O–H groups in total. The van der Waals surface area contributed by atoms with Gasteiger partial charge in [0.15, 0.2) is 0 Å². The predicted molar refractivity (Wildman–Crippen MR) is 106 cm³/mol. The SMILES string of the molecule is Cc1ccc(C2(NC(=O)N3CCN(c4cccc(Cl)c4)CC3)CC2)cc1. The van der Waals surface area contributed by atoms with Crippen molar-refractivity contribution in [2.45, 2.75) is 25.3 Å². The first-order valence-electron chi connectivity index (χ1n) is 9.21. The van der Waals surface area contributed by atoms with E-state index < -0.39 is 0 Å². The fourth-order valence-corrected chi connectivity index (χ4v) is 3.79. The molecule has 4 nitrogen and oxygen atoms in total. The number of piperazine rings is 1. The Morgan fingerprint density at radius 1 is 1.04 bits per heavy atom. The smallest absolute Gasteiger partial charge is 0.318 e. The number of nitrogens with zero attached hydrogens (tertiary/aromatic N) is 2. The number of hydrogen-bond donors (Lipinski definition) is 1. The van der Waals surface area contributed by atoms with Crippen LogP contribution in [0.25, 0.3) is 0 Å². The van der Waals surface area contributed by atoms with Crippen molar-refractivity contribution in [2.24, 2.45) is 0 Å². The molecule has 0 spiro atoms. The second kappa shape index (κ2) is 6.84. The molecule has 5 heteroatoms. The largest absolute Gasteiger partial charge is 0.368 e. The number of hydrogen-bond acceptors (Lipinski definition) is 2. The summed E-state index contributed by atoms with van der Waals surface area (Å²) in [6.45, 7) is 5.18.